The molecular weight excluding hydrogens is 198 g/mol. The summed E-state index contributed by atoms with van der Waals surface area (Å²) in [6.45, 7) is 4.42. The van der Waals surface area contributed by atoms with Crippen LogP contribution in [0.2, 0.25) is 0 Å². The second-order valence-corrected chi connectivity index (χ2v) is 6.14. The van der Waals surface area contributed by atoms with Crippen LogP contribution in [0.4, 0.5) is 0 Å². The smallest absolute Gasteiger partial charge is 0.0728 e. The zero-order chi connectivity index (χ0) is 11.0. The molecule has 0 aromatic rings. The Bertz CT molecular complexity index is 255. The molecule has 2 nitrogen and oxygen atoms in total. The molecule has 0 aromatic heterocycles. The summed E-state index contributed by atoms with van der Waals surface area (Å²) in [5, 5.41) is 3.70. The van der Waals surface area contributed by atoms with Crippen LogP contribution in [0.15, 0.2) is 0 Å². The summed E-state index contributed by atoms with van der Waals surface area (Å²) < 4.78 is 6.23. The summed E-state index contributed by atoms with van der Waals surface area (Å²) in [4.78, 5) is 0. The molecule has 3 fully saturated rings. The number of fused-ring (bicyclic) bond motifs is 3. The first-order chi connectivity index (χ1) is 7.82. The first kappa shape index (κ1) is 11.0. The number of hydrogen-bond donors (Lipinski definition) is 1. The van der Waals surface area contributed by atoms with Crippen molar-refractivity contribution in [2.75, 3.05) is 13.2 Å². The molecule has 1 aliphatic heterocycles. The highest BCUT2D eigenvalue weighted by Gasteiger charge is 2.53. The zero-order valence-electron chi connectivity index (χ0n) is 10.5. The summed E-state index contributed by atoms with van der Waals surface area (Å²) in [6, 6.07) is 0.730. The van der Waals surface area contributed by atoms with Gasteiger partial charge in [-0.3, -0.25) is 0 Å². The van der Waals surface area contributed by atoms with Gasteiger partial charge in [0.2, 0.25) is 0 Å². The molecule has 4 atom stereocenters. The van der Waals surface area contributed by atoms with Crippen LogP contribution in [0.5, 0.6) is 0 Å². The highest BCUT2D eigenvalue weighted by atomic mass is 16.5. The van der Waals surface area contributed by atoms with Crippen molar-refractivity contribution in [1.82, 2.24) is 5.32 Å². The van der Waals surface area contributed by atoms with Gasteiger partial charge < -0.3 is 10.1 Å². The SMILES string of the molecule is CCCNC1CCOC2(CC3CCC2C3)C1. The second-order valence-electron chi connectivity index (χ2n) is 6.14. The third-order valence-electron chi connectivity index (χ3n) is 5.05. The van der Waals surface area contributed by atoms with Gasteiger partial charge in [0.25, 0.3) is 0 Å². The van der Waals surface area contributed by atoms with Crippen LogP contribution >= 0.6 is 0 Å². The zero-order valence-corrected chi connectivity index (χ0v) is 10.5. The van der Waals surface area contributed by atoms with E-state index in [4.69, 9.17) is 4.74 Å². The third-order valence-corrected chi connectivity index (χ3v) is 5.05. The van der Waals surface area contributed by atoms with Crippen LogP contribution in [0.3, 0.4) is 0 Å². The summed E-state index contributed by atoms with van der Waals surface area (Å²) in [5.74, 6) is 1.89. The van der Waals surface area contributed by atoms with Crippen molar-refractivity contribution >= 4 is 0 Å². The van der Waals surface area contributed by atoms with Gasteiger partial charge in [0.1, 0.15) is 0 Å². The fourth-order valence-electron chi connectivity index (χ4n) is 4.33. The predicted octanol–water partition coefficient (Wildman–Crippen LogP) is 2.72. The van der Waals surface area contributed by atoms with Gasteiger partial charge in [0.15, 0.2) is 0 Å². The lowest BCUT2D eigenvalue weighted by atomic mass is 9.77. The summed E-state index contributed by atoms with van der Waals surface area (Å²) in [6.07, 6.45) is 9.49. The van der Waals surface area contributed by atoms with Gasteiger partial charge >= 0.3 is 0 Å². The minimum Gasteiger partial charge on any atom is -0.375 e. The molecule has 2 aliphatic carbocycles. The van der Waals surface area contributed by atoms with E-state index in [-0.39, 0.29) is 0 Å². The van der Waals surface area contributed by atoms with Crippen molar-refractivity contribution in [3.8, 4) is 0 Å². The molecular formula is C14H25NO. The summed E-state index contributed by atoms with van der Waals surface area (Å²) in [7, 11) is 0. The average Bonchev–Trinajstić information content (AvgIpc) is 2.87. The van der Waals surface area contributed by atoms with Crippen molar-refractivity contribution < 1.29 is 4.74 Å². The van der Waals surface area contributed by atoms with Gasteiger partial charge in [-0.05, 0) is 63.3 Å². The van der Waals surface area contributed by atoms with Crippen LogP contribution in [-0.4, -0.2) is 24.8 Å². The van der Waals surface area contributed by atoms with Crippen LogP contribution in [0, 0.1) is 11.8 Å². The Morgan fingerprint density at radius 3 is 2.88 bits per heavy atom. The molecule has 92 valence electrons. The van der Waals surface area contributed by atoms with Crippen LogP contribution < -0.4 is 5.32 Å². The average molecular weight is 223 g/mol. The minimum absolute atomic E-state index is 0.298. The topological polar surface area (TPSA) is 21.3 Å². The molecule has 3 aliphatic rings. The molecule has 3 rings (SSSR count). The van der Waals surface area contributed by atoms with Crippen LogP contribution in [0.25, 0.3) is 0 Å². The van der Waals surface area contributed by atoms with Crippen LogP contribution in [-0.2, 0) is 4.74 Å². The largest absolute Gasteiger partial charge is 0.375 e. The monoisotopic (exact) mass is 223 g/mol. The van der Waals surface area contributed by atoms with E-state index in [2.05, 4.69) is 12.2 Å². The van der Waals surface area contributed by atoms with Gasteiger partial charge in [0.05, 0.1) is 5.60 Å². The number of rotatable bonds is 3. The Morgan fingerprint density at radius 1 is 1.25 bits per heavy atom. The minimum atomic E-state index is 0.298. The van der Waals surface area contributed by atoms with E-state index in [1.165, 1.54) is 51.5 Å². The molecule has 0 radical (unpaired) electrons. The van der Waals surface area contributed by atoms with Crippen molar-refractivity contribution in [2.45, 2.75) is 63.5 Å². The van der Waals surface area contributed by atoms with Crippen LogP contribution in [0.1, 0.15) is 51.9 Å². The van der Waals surface area contributed by atoms with Crippen molar-refractivity contribution in [3.05, 3.63) is 0 Å². The quantitative estimate of drug-likeness (QED) is 0.794. The van der Waals surface area contributed by atoms with E-state index in [1.54, 1.807) is 0 Å². The maximum Gasteiger partial charge on any atom is 0.0728 e. The Balaban J connectivity index is 1.63. The lowest BCUT2D eigenvalue weighted by Gasteiger charge is -2.44. The highest BCUT2D eigenvalue weighted by molar-refractivity contribution is 5.05. The van der Waals surface area contributed by atoms with E-state index < -0.39 is 0 Å². The van der Waals surface area contributed by atoms with Gasteiger partial charge in [-0.2, -0.15) is 0 Å². The fraction of sp³-hybridized carbons (Fsp3) is 1.00. The van der Waals surface area contributed by atoms with Crippen molar-refractivity contribution in [1.29, 1.82) is 0 Å². The molecule has 0 amide bonds. The Labute approximate surface area is 99.1 Å². The molecule has 2 saturated carbocycles. The molecule has 4 unspecified atom stereocenters. The maximum absolute atomic E-state index is 6.23. The molecule has 1 saturated heterocycles. The standard InChI is InChI=1S/C14H25NO/c1-2-6-15-13-5-7-16-14(10-13)9-11-3-4-12(14)8-11/h11-13,15H,2-10H2,1H3. The normalized spacial score (nSPS) is 46.7. The first-order valence-electron chi connectivity index (χ1n) is 7.20. The van der Waals surface area contributed by atoms with Gasteiger partial charge in [-0.1, -0.05) is 6.92 Å². The fourth-order valence-corrected chi connectivity index (χ4v) is 4.33. The van der Waals surface area contributed by atoms with Gasteiger partial charge in [-0.25, -0.2) is 0 Å². The number of nitrogens with one attached hydrogen (secondary N) is 1. The Hall–Kier alpha value is -0.0800. The molecule has 1 N–H and O–H groups in total. The molecule has 1 spiro atoms. The van der Waals surface area contributed by atoms with Crippen molar-refractivity contribution in [2.24, 2.45) is 11.8 Å². The summed E-state index contributed by atoms with van der Waals surface area (Å²) >= 11 is 0. The summed E-state index contributed by atoms with van der Waals surface area (Å²) in [5.41, 5.74) is 0.298. The predicted molar refractivity (Wildman–Crippen MR) is 65.4 cm³/mol. The number of hydrogen-bond acceptors (Lipinski definition) is 2. The maximum atomic E-state index is 6.23. The molecule has 2 bridgehead atoms. The Morgan fingerprint density at radius 2 is 2.19 bits per heavy atom. The molecule has 16 heavy (non-hydrogen) atoms. The molecule has 1 heterocycles. The van der Waals surface area contributed by atoms with E-state index >= 15 is 0 Å². The second kappa shape index (κ2) is 4.30. The van der Waals surface area contributed by atoms with E-state index in [1.807, 2.05) is 0 Å². The van der Waals surface area contributed by atoms with Gasteiger partial charge in [0, 0.05) is 12.6 Å². The van der Waals surface area contributed by atoms with Gasteiger partial charge in [-0.15, -0.1) is 0 Å². The molecule has 2 heteroatoms. The van der Waals surface area contributed by atoms with Crippen molar-refractivity contribution in [3.63, 3.8) is 0 Å². The lowest BCUT2D eigenvalue weighted by Crippen LogP contribution is -2.50. The third kappa shape index (κ3) is 1.80. The lowest BCUT2D eigenvalue weighted by molar-refractivity contribution is -0.121. The Kier molecular flexibility index (Phi) is 2.97. The van der Waals surface area contributed by atoms with E-state index in [9.17, 15) is 0 Å². The molecule has 0 aromatic carbocycles. The highest BCUT2D eigenvalue weighted by Crippen LogP contribution is 2.55. The van der Waals surface area contributed by atoms with E-state index in [0.29, 0.717) is 5.60 Å². The van der Waals surface area contributed by atoms with E-state index in [0.717, 1.165) is 24.5 Å². The first-order valence-corrected chi connectivity index (χ1v) is 7.20. The number of ether oxygens (including phenoxy) is 1.